The maximum Gasteiger partial charge on any atom is 0.305 e. The third kappa shape index (κ3) is 4.51. The van der Waals surface area contributed by atoms with Crippen molar-refractivity contribution >= 4 is 28.5 Å². The van der Waals surface area contributed by atoms with Gasteiger partial charge in [0, 0.05) is 47.4 Å². The quantitative estimate of drug-likeness (QED) is 0.443. The van der Waals surface area contributed by atoms with E-state index >= 15 is 0 Å². The number of hydrogen-bond acceptors (Lipinski definition) is 3. The average Bonchev–Trinajstić information content (AvgIpc) is 3.18. The van der Waals surface area contributed by atoms with Gasteiger partial charge in [-0.25, -0.2) is 0 Å². The van der Waals surface area contributed by atoms with Crippen LogP contribution in [0.1, 0.15) is 22.3 Å². The molecule has 0 bridgehead atoms. The van der Waals surface area contributed by atoms with Gasteiger partial charge < -0.3 is 14.6 Å². The Hall–Kier alpha value is -3.86. The highest BCUT2D eigenvalue weighted by Gasteiger charge is 2.13. The van der Waals surface area contributed by atoms with E-state index in [4.69, 9.17) is 4.74 Å². The maximum absolute atomic E-state index is 12.8. The Morgan fingerprint density at radius 1 is 0.968 bits per heavy atom. The number of amides is 1. The lowest BCUT2D eigenvalue weighted by Gasteiger charge is -2.14. The molecule has 5 nitrogen and oxygen atoms in total. The fraction of sp³-hybridized carbons (Fsp3) is 0.154. The highest BCUT2D eigenvalue weighted by atomic mass is 16.5. The number of methoxy groups -OCH3 is 1. The minimum atomic E-state index is -0.242. The van der Waals surface area contributed by atoms with E-state index in [1.165, 1.54) is 7.11 Å². The number of nitrogens with one attached hydrogen (secondary N) is 1. The summed E-state index contributed by atoms with van der Waals surface area (Å²) in [5.41, 5.74) is 5.39. The number of nitrogens with zero attached hydrogens (tertiary/aromatic N) is 1. The van der Waals surface area contributed by atoms with Crippen molar-refractivity contribution in [2.24, 2.45) is 7.05 Å². The lowest BCUT2D eigenvalue weighted by atomic mass is 9.97. The number of ether oxygens (including phenoxy) is 1. The van der Waals surface area contributed by atoms with E-state index < -0.39 is 0 Å². The maximum atomic E-state index is 12.8. The molecule has 0 unspecified atom stereocenters. The molecule has 0 spiro atoms. The van der Waals surface area contributed by atoms with E-state index in [2.05, 4.69) is 34.1 Å². The number of carbonyl (C=O) groups is 2. The first-order chi connectivity index (χ1) is 15.0. The molecule has 5 heteroatoms. The number of esters is 1. The van der Waals surface area contributed by atoms with Crippen molar-refractivity contribution in [3.63, 3.8) is 0 Å². The number of fused-ring (bicyclic) bond motifs is 1. The summed E-state index contributed by atoms with van der Waals surface area (Å²) in [5, 5.41) is 4.17. The van der Waals surface area contributed by atoms with Gasteiger partial charge in [0.1, 0.15) is 0 Å². The molecular formula is C26H24N2O3. The molecule has 0 saturated heterocycles. The molecule has 0 radical (unpaired) electrons. The SMILES string of the molecule is COC(=O)CCc1ccc(NC(=O)c2ccccc2)c(-c2ccc3c(ccn3C)c2)c1. The third-order valence-corrected chi connectivity index (χ3v) is 5.41. The molecule has 0 saturated carbocycles. The third-order valence-electron chi connectivity index (χ3n) is 5.41. The van der Waals surface area contributed by atoms with Gasteiger partial charge in [0.05, 0.1) is 7.11 Å². The van der Waals surface area contributed by atoms with Crippen LogP contribution in [-0.4, -0.2) is 23.6 Å². The van der Waals surface area contributed by atoms with E-state index in [0.717, 1.165) is 33.3 Å². The van der Waals surface area contributed by atoms with Crippen molar-refractivity contribution in [3.05, 3.63) is 90.1 Å². The summed E-state index contributed by atoms with van der Waals surface area (Å²) >= 11 is 0. The molecule has 156 valence electrons. The minimum Gasteiger partial charge on any atom is -0.469 e. The number of aryl methyl sites for hydroxylation is 2. The molecule has 4 aromatic rings. The predicted octanol–water partition coefficient (Wildman–Crippen LogP) is 5.20. The lowest BCUT2D eigenvalue weighted by Crippen LogP contribution is -2.12. The predicted molar refractivity (Wildman–Crippen MR) is 123 cm³/mol. The highest BCUT2D eigenvalue weighted by molar-refractivity contribution is 6.06. The Bertz CT molecular complexity index is 1240. The molecule has 3 aromatic carbocycles. The summed E-state index contributed by atoms with van der Waals surface area (Å²) in [4.78, 5) is 24.4. The zero-order valence-corrected chi connectivity index (χ0v) is 17.6. The Kier molecular flexibility index (Phi) is 5.85. The fourth-order valence-electron chi connectivity index (χ4n) is 3.68. The van der Waals surface area contributed by atoms with Gasteiger partial charge in [-0.2, -0.15) is 0 Å². The molecule has 0 aliphatic carbocycles. The number of aromatic nitrogens is 1. The molecule has 1 amide bonds. The molecule has 31 heavy (non-hydrogen) atoms. The number of carbonyl (C=O) groups excluding carboxylic acids is 2. The first kappa shape index (κ1) is 20.4. The highest BCUT2D eigenvalue weighted by Crippen LogP contribution is 2.32. The summed E-state index contributed by atoms with van der Waals surface area (Å²) in [6.45, 7) is 0. The van der Waals surface area contributed by atoms with Gasteiger partial charge in [0.15, 0.2) is 0 Å². The van der Waals surface area contributed by atoms with Crippen LogP contribution in [0.25, 0.3) is 22.0 Å². The van der Waals surface area contributed by atoms with Crippen LogP contribution in [0.15, 0.2) is 79.0 Å². The summed E-state index contributed by atoms with van der Waals surface area (Å²) in [5.74, 6) is -0.404. The number of anilines is 1. The minimum absolute atomic E-state index is 0.162. The standard InChI is InChI=1S/C26H24N2O3/c1-28-15-14-21-17-20(10-12-24(21)28)22-16-18(9-13-25(29)31-2)8-11-23(22)27-26(30)19-6-4-3-5-7-19/h3-8,10-12,14-17H,9,13H2,1-2H3,(H,27,30). The van der Waals surface area contributed by atoms with E-state index in [-0.39, 0.29) is 11.9 Å². The summed E-state index contributed by atoms with van der Waals surface area (Å²) in [6, 6.07) is 23.3. The zero-order chi connectivity index (χ0) is 21.8. The monoisotopic (exact) mass is 412 g/mol. The van der Waals surface area contributed by atoms with Gasteiger partial charge in [-0.3, -0.25) is 9.59 Å². The lowest BCUT2D eigenvalue weighted by molar-refractivity contribution is -0.140. The summed E-state index contributed by atoms with van der Waals surface area (Å²) in [6.07, 6.45) is 2.91. The van der Waals surface area contributed by atoms with E-state index in [1.807, 2.05) is 49.6 Å². The molecule has 0 atom stereocenters. The van der Waals surface area contributed by atoms with Crippen LogP contribution in [0.4, 0.5) is 5.69 Å². The Morgan fingerprint density at radius 2 is 1.77 bits per heavy atom. The largest absolute Gasteiger partial charge is 0.469 e. The van der Waals surface area contributed by atoms with Crippen molar-refractivity contribution < 1.29 is 14.3 Å². The van der Waals surface area contributed by atoms with Crippen molar-refractivity contribution in [1.82, 2.24) is 4.57 Å². The van der Waals surface area contributed by atoms with Crippen LogP contribution in [0, 0.1) is 0 Å². The molecule has 1 heterocycles. The number of rotatable bonds is 6. The Morgan fingerprint density at radius 3 is 2.55 bits per heavy atom. The molecule has 0 fully saturated rings. The van der Waals surface area contributed by atoms with Crippen LogP contribution >= 0.6 is 0 Å². The van der Waals surface area contributed by atoms with Crippen LogP contribution in [0.2, 0.25) is 0 Å². The second kappa shape index (κ2) is 8.88. The van der Waals surface area contributed by atoms with Crippen molar-refractivity contribution in [3.8, 4) is 11.1 Å². The van der Waals surface area contributed by atoms with Gasteiger partial charge in [-0.05, 0) is 60.0 Å². The fourth-order valence-corrected chi connectivity index (χ4v) is 3.68. The number of hydrogen-bond donors (Lipinski definition) is 1. The van der Waals surface area contributed by atoms with Crippen LogP contribution in [0.3, 0.4) is 0 Å². The zero-order valence-electron chi connectivity index (χ0n) is 17.6. The summed E-state index contributed by atoms with van der Waals surface area (Å²) in [7, 11) is 3.41. The van der Waals surface area contributed by atoms with E-state index in [0.29, 0.717) is 18.4 Å². The van der Waals surface area contributed by atoms with Crippen molar-refractivity contribution in [1.29, 1.82) is 0 Å². The van der Waals surface area contributed by atoms with Gasteiger partial charge in [0.2, 0.25) is 0 Å². The Labute approximate surface area is 181 Å². The van der Waals surface area contributed by atoms with Gasteiger partial charge in [-0.1, -0.05) is 30.3 Å². The van der Waals surface area contributed by atoms with Crippen molar-refractivity contribution in [2.75, 3.05) is 12.4 Å². The molecule has 4 rings (SSSR count). The van der Waals surface area contributed by atoms with Crippen molar-refractivity contribution in [2.45, 2.75) is 12.8 Å². The average molecular weight is 412 g/mol. The molecule has 0 aliphatic heterocycles. The second-order valence-corrected chi connectivity index (χ2v) is 7.48. The molecular weight excluding hydrogens is 388 g/mol. The molecule has 1 N–H and O–H groups in total. The normalized spacial score (nSPS) is 10.8. The van der Waals surface area contributed by atoms with E-state index in [1.54, 1.807) is 12.1 Å². The van der Waals surface area contributed by atoms with Crippen LogP contribution < -0.4 is 5.32 Å². The number of benzene rings is 3. The smallest absolute Gasteiger partial charge is 0.305 e. The van der Waals surface area contributed by atoms with Crippen LogP contribution in [-0.2, 0) is 23.0 Å². The van der Waals surface area contributed by atoms with Gasteiger partial charge in [0.25, 0.3) is 5.91 Å². The van der Waals surface area contributed by atoms with Gasteiger partial charge >= 0.3 is 5.97 Å². The molecule has 1 aromatic heterocycles. The molecule has 0 aliphatic rings. The topological polar surface area (TPSA) is 60.3 Å². The second-order valence-electron chi connectivity index (χ2n) is 7.48. The van der Waals surface area contributed by atoms with Crippen LogP contribution in [0.5, 0.6) is 0 Å². The summed E-state index contributed by atoms with van der Waals surface area (Å²) < 4.78 is 6.84. The van der Waals surface area contributed by atoms with E-state index in [9.17, 15) is 9.59 Å². The van der Waals surface area contributed by atoms with Gasteiger partial charge in [-0.15, -0.1) is 0 Å². The Balaban J connectivity index is 1.72. The first-order valence-corrected chi connectivity index (χ1v) is 10.2. The first-order valence-electron chi connectivity index (χ1n) is 10.2.